The Labute approximate surface area is 133 Å². The molecule has 1 N–H and O–H groups in total. The van der Waals surface area contributed by atoms with E-state index in [1.807, 2.05) is 0 Å². The Morgan fingerprint density at radius 2 is 1.68 bits per heavy atom. The lowest BCUT2D eigenvalue weighted by Gasteiger charge is -2.10. The first-order valence-corrected chi connectivity index (χ1v) is 6.62. The van der Waals surface area contributed by atoms with Crippen molar-refractivity contribution < 1.29 is 22.7 Å². The van der Waals surface area contributed by atoms with Gasteiger partial charge in [0.05, 0.1) is 10.6 Å². The molecular weight excluding hydrogens is 342 g/mol. The summed E-state index contributed by atoms with van der Waals surface area (Å²) >= 11 is 11.6. The Morgan fingerprint density at radius 3 is 2.23 bits per heavy atom. The number of carbonyl (C=O) groups is 1. The van der Waals surface area contributed by atoms with Crippen molar-refractivity contribution in [2.45, 2.75) is 6.36 Å². The highest BCUT2D eigenvalue weighted by Crippen LogP contribution is 2.25. The second kappa shape index (κ2) is 6.46. The zero-order valence-electron chi connectivity index (χ0n) is 10.7. The van der Waals surface area contributed by atoms with Gasteiger partial charge in [0, 0.05) is 10.7 Å². The number of rotatable bonds is 3. The first kappa shape index (κ1) is 16.5. The van der Waals surface area contributed by atoms with Crippen LogP contribution in [-0.2, 0) is 0 Å². The third kappa shape index (κ3) is 4.54. The molecule has 0 saturated heterocycles. The maximum Gasteiger partial charge on any atom is 0.573 e. The second-order valence-corrected chi connectivity index (χ2v) is 4.99. The average molecular weight is 350 g/mol. The zero-order valence-corrected chi connectivity index (χ0v) is 12.3. The largest absolute Gasteiger partial charge is 0.573 e. The molecule has 0 radical (unpaired) electrons. The van der Waals surface area contributed by atoms with E-state index in [4.69, 9.17) is 23.2 Å². The van der Waals surface area contributed by atoms with E-state index in [2.05, 4.69) is 10.1 Å². The summed E-state index contributed by atoms with van der Waals surface area (Å²) in [6.45, 7) is 0. The van der Waals surface area contributed by atoms with Crippen LogP contribution in [0.1, 0.15) is 10.4 Å². The van der Waals surface area contributed by atoms with Gasteiger partial charge >= 0.3 is 6.36 Å². The molecule has 8 heteroatoms. The average Bonchev–Trinajstić information content (AvgIpc) is 2.39. The topological polar surface area (TPSA) is 38.3 Å². The van der Waals surface area contributed by atoms with Crippen molar-refractivity contribution in [3.8, 4) is 5.75 Å². The predicted octanol–water partition coefficient (Wildman–Crippen LogP) is 5.14. The van der Waals surface area contributed by atoms with E-state index in [1.165, 1.54) is 30.3 Å². The van der Waals surface area contributed by atoms with E-state index in [0.717, 1.165) is 12.1 Å². The van der Waals surface area contributed by atoms with E-state index >= 15 is 0 Å². The number of nitrogens with one attached hydrogen (secondary N) is 1. The minimum atomic E-state index is -4.76. The van der Waals surface area contributed by atoms with E-state index in [0.29, 0.717) is 10.7 Å². The van der Waals surface area contributed by atoms with Crippen LogP contribution in [0.3, 0.4) is 0 Å². The maximum absolute atomic E-state index is 12.0. The second-order valence-electron chi connectivity index (χ2n) is 4.15. The molecule has 0 saturated carbocycles. The molecular formula is C14H8Cl2F3NO2. The number of amides is 1. The third-order valence-corrected chi connectivity index (χ3v) is 3.07. The zero-order chi connectivity index (χ0) is 16.3. The van der Waals surface area contributed by atoms with E-state index < -0.39 is 12.3 Å². The molecule has 22 heavy (non-hydrogen) atoms. The summed E-state index contributed by atoms with van der Waals surface area (Å²) in [7, 11) is 0. The van der Waals surface area contributed by atoms with Crippen molar-refractivity contribution in [2.75, 3.05) is 5.32 Å². The van der Waals surface area contributed by atoms with Crippen LogP contribution in [0.4, 0.5) is 18.9 Å². The minimum Gasteiger partial charge on any atom is -0.406 e. The molecule has 0 atom stereocenters. The highest BCUT2D eigenvalue weighted by atomic mass is 35.5. The number of alkyl halides is 3. The Bertz CT molecular complexity index is 687. The molecule has 2 aromatic carbocycles. The molecule has 0 aliphatic carbocycles. The SMILES string of the molecule is O=C(Nc1ccc(OC(F)(F)F)cc1)c1ccc(Cl)cc1Cl. The minimum absolute atomic E-state index is 0.169. The van der Waals surface area contributed by atoms with Gasteiger partial charge < -0.3 is 10.1 Å². The number of anilines is 1. The van der Waals surface area contributed by atoms with Crippen LogP contribution in [0.25, 0.3) is 0 Å². The summed E-state index contributed by atoms with van der Waals surface area (Å²) in [6, 6.07) is 9.10. The first-order chi connectivity index (χ1) is 10.2. The van der Waals surface area contributed by atoms with Gasteiger partial charge in [0.15, 0.2) is 0 Å². The lowest BCUT2D eigenvalue weighted by Crippen LogP contribution is -2.17. The molecule has 0 aromatic heterocycles. The summed E-state index contributed by atoms with van der Waals surface area (Å²) in [6.07, 6.45) is -4.76. The fraction of sp³-hybridized carbons (Fsp3) is 0.0714. The Hall–Kier alpha value is -1.92. The number of ether oxygens (including phenoxy) is 1. The van der Waals surface area contributed by atoms with E-state index in [9.17, 15) is 18.0 Å². The lowest BCUT2D eigenvalue weighted by atomic mass is 10.2. The van der Waals surface area contributed by atoms with Gasteiger partial charge in [-0.3, -0.25) is 4.79 Å². The molecule has 0 unspecified atom stereocenters. The van der Waals surface area contributed by atoms with Crippen molar-refractivity contribution in [3.05, 3.63) is 58.1 Å². The van der Waals surface area contributed by atoms with Crippen molar-refractivity contribution in [1.82, 2.24) is 0 Å². The molecule has 0 heterocycles. The third-order valence-electron chi connectivity index (χ3n) is 2.52. The molecule has 0 aliphatic heterocycles. The summed E-state index contributed by atoms with van der Waals surface area (Å²) in [5.74, 6) is -0.888. The van der Waals surface area contributed by atoms with Gasteiger partial charge in [0.25, 0.3) is 5.91 Å². The highest BCUT2D eigenvalue weighted by Gasteiger charge is 2.30. The smallest absolute Gasteiger partial charge is 0.406 e. The summed E-state index contributed by atoms with van der Waals surface area (Å²) < 4.78 is 39.8. The molecule has 0 fully saturated rings. The molecule has 3 nitrogen and oxygen atoms in total. The van der Waals surface area contributed by atoms with Gasteiger partial charge in [-0.05, 0) is 42.5 Å². The van der Waals surface area contributed by atoms with Gasteiger partial charge in [-0.25, -0.2) is 0 Å². The van der Waals surface area contributed by atoms with Crippen molar-refractivity contribution in [2.24, 2.45) is 0 Å². The molecule has 2 rings (SSSR count). The Balaban J connectivity index is 2.09. The number of benzene rings is 2. The summed E-state index contributed by atoms with van der Waals surface area (Å²) in [5, 5.41) is 3.06. The van der Waals surface area contributed by atoms with Gasteiger partial charge in [0.2, 0.25) is 0 Å². The number of hydrogen-bond acceptors (Lipinski definition) is 2. The first-order valence-electron chi connectivity index (χ1n) is 5.87. The maximum atomic E-state index is 12.0. The van der Waals surface area contributed by atoms with Gasteiger partial charge in [-0.15, -0.1) is 13.2 Å². The van der Waals surface area contributed by atoms with Crippen LogP contribution >= 0.6 is 23.2 Å². The van der Waals surface area contributed by atoms with E-state index in [1.54, 1.807) is 0 Å². The van der Waals surface area contributed by atoms with Crippen LogP contribution in [0.5, 0.6) is 5.75 Å². The fourth-order valence-electron chi connectivity index (χ4n) is 1.61. The number of halogens is 5. The van der Waals surface area contributed by atoms with Gasteiger partial charge in [-0.1, -0.05) is 23.2 Å². The monoisotopic (exact) mass is 349 g/mol. The van der Waals surface area contributed by atoms with Crippen molar-refractivity contribution >= 4 is 34.8 Å². The molecule has 0 spiro atoms. The quantitative estimate of drug-likeness (QED) is 0.832. The summed E-state index contributed by atoms with van der Waals surface area (Å²) in [4.78, 5) is 12.0. The summed E-state index contributed by atoms with van der Waals surface area (Å²) in [5.41, 5.74) is 0.493. The molecule has 2 aromatic rings. The normalized spacial score (nSPS) is 11.1. The van der Waals surface area contributed by atoms with Crippen LogP contribution in [0, 0.1) is 0 Å². The Kier molecular flexibility index (Phi) is 4.83. The standard InChI is InChI=1S/C14H8Cl2F3NO2/c15-8-1-6-11(12(16)7-8)13(21)20-9-2-4-10(5-3-9)22-14(17,18)19/h1-7H,(H,20,21). The van der Waals surface area contributed by atoms with E-state index in [-0.39, 0.29) is 16.3 Å². The van der Waals surface area contributed by atoms with Gasteiger partial charge in [-0.2, -0.15) is 0 Å². The van der Waals surface area contributed by atoms with Crippen LogP contribution in [0.15, 0.2) is 42.5 Å². The van der Waals surface area contributed by atoms with Crippen LogP contribution in [0.2, 0.25) is 10.0 Å². The number of hydrogen-bond donors (Lipinski definition) is 1. The predicted molar refractivity (Wildman–Crippen MR) is 77.5 cm³/mol. The highest BCUT2D eigenvalue weighted by molar-refractivity contribution is 6.37. The van der Waals surface area contributed by atoms with Gasteiger partial charge in [0.1, 0.15) is 5.75 Å². The molecule has 1 amide bonds. The lowest BCUT2D eigenvalue weighted by molar-refractivity contribution is -0.274. The Morgan fingerprint density at radius 1 is 1.05 bits per heavy atom. The fourth-order valence-corrected chi connectivity index (χ4v) is 2.11. The van der Waals surface area contributed by atoms with Crippen molar-refractivity contribution in [1.29, 1.82) is 0 Å². The molecule has 116 valence electrons. The van der Waals surface area contributed by atoms with Crippen LogP contribution in [-0.4, -0.2) is 12.3 Å². The van der Waals surface area contributed by atoms with Crippen molar-refractivity contribution in [3.63, 3.8) is 0 Å². The molecule has 0 aliphatic rings. The number of carbonyl (C=O) groups excluding carboxylic acids is 1. The molecule has 0 bridgehead atoms. The van der Waals surface area contributed by atoms with Crippen LogP contribution < -0.4 is 10.1 Å².